The minimum absolute atomic E-state index is 0.0499. The average molecular weight is 205 g/mol. The molecule has 0 aromatic carbocycles. The number of halogens is 3. The van der Waals surface area contributed by atoms with Gasteiger partial charge in [-0.15, -0.1) is 0 Å². The van der Waals surface area contributed by atoms with Gasteiger partial charge in [0.1, 0.15) is 12.0 Å². The molecule has 0 spiro atoms. The molecule has 2 heterocycles. The molecule has 0 saturated carbocycles. The maximum atomic E-state index is 12.2. The molecule has 1 aromatic rings. The van der Waals surface area contributed by atoms with Crippen LogP contribution in [0.15, 0.2) is 16.7 Å². The quantitative estimate of drug-likeness (QED) is 0.762. The van der Waals surface area contributed by atoms with Crippen molar-refractivity contribution >= 4 is 0 Å². The van der Waals surface area contributed by atoms with E-state index in [1.807, 2.05) is 0 Å². The van der Waals surface area contributed by atoms with Crippen molar-refractivity contribution in [2.45, 2.75) is 25.1 Å². The summed E-state index contributed by atoms with van der Waals surface area (Å²) in [4.78, 5) is 0. The first-order valence-electron chi connectivity index (χ1n) is 4.46. The fraction of sp³-hybridized carbons (Fsp3) is 0.556. The summed E-state index contributed by atoms with van der Waals surface area (Å²) in [5, 5.41) is 3.08. The van der Waals surface area contributed by atoms with Crippen molar-refractivity contribution in [1.82, 2.24) is 5.32 Å². The molecular weight excluding hydrogens is 195 g/mol. The van der Waals surface area contributed by atoms with Crippen LogP contribution < -0.4 is 5.32 Å². The van der Waals surface area contributed by atoms with E-state index in [4.69, 9.17) is 4.42 Å². The first-order chi connectivity index (χ1) is 6.57. The summed E-state index contributed by atoms with van der Waals surface area (Å²) in [6.07, 6.45) is -1.72. The van der Waals surface area contributed by atoms with Gasteiger partial charge in [-0.05, 0) is 25.5 Å². The lowest BCUT2D eigenvalue weighted by molar-refractivity contribution is -0.137. The summed E-state index contributed by atoms with van der Waals surface area (Å²) in [5.41, 5.74) is -0.707. The Balaban J connectivity index is 2.17. The maximum Gasteiger partial charge on any atom is 0.419 e. The molecule has 2 nitrogen and oxygen atoms in total. The molecular formula is C9H10F3NO. The molecule has 0 amide bonds. The maximum absolute atomic E-state index is 12.2. The van der Waals surface area contributed by atoms with Gasteiger partial charge in [-0.3, -0.25) is 0 Å². The van der Waals surface area contributed by atoms with Crippen molar-refractivity contribution in [2.24, 2.45) is 0 Å². The number of hydrogen-bond donors (Lipinski definition) is 1. The van der Waals surface area contributed by atoms with E-state index >= 15 is 0 Å². The topological polar surface area (TPSA) is 25.2 Å². The minimum atomic E-state index is -4.31. The summed E-state index contributed by atoms with van der Waals surface area (Å²) in [6.45, 7) is 0.840. The first-order valence-corrected chi connectivity index (χ1v) is 4.46. The molecule has 0 aliphatic carbocycles. The van der Waals surface area contributed by atoms with Crippen LogP contribution in [0.4, 0.5) is 13.2 Å². The highest BCUT2D eigenvalue weighted by Gasteiger charge is 2.33. The van der Waals surface area contributed by atoms with Gasteiger partial charge in [0.15, 0.2) is 0 Å². The van der Waals surface area contributed by atoms with Crippen LogP contribution in [-0.4, -0.2) is 6.54 Å². The Bertz CT molecular complexity index is 312. The highest BCUT2D eigenvalue weighted by Crippen LogP contribution is 2.33. The van der Waals surface area contributed by atoms with E-state index in [-0.39, 0.29) is 6.04 Å². The highest BCUT2D eigenvalue weighted by molar-refractivity contribution is 5.19. The molecule has 0 radical (unpaired) electrons. The van der Waals surface area contributed by atoms with Gasteiger partial charge < -0.3 is 9.73 Å². The Kier molecular flexibility index (Phi) is 2.26. The summed E-state index contributed by atoms with van der Waals surface area (Å²) in [6, 6.07) is 1.02. The summed E-state index contributed by atoms with van der Waals surface area (Å²) in [5.74, 6) is 0.384. The van der Waals surface area contributed by atoms with Crippen LogP contribution in [-0.2, 0) is 6.18 Å². The molecule has 1 atom stereocenters. The van der Waals surface area contributed by atoms with Crippen LogP contribution in [0, 0.1) is 0 Å². The molecule has 1 fully saturated rings. The van der Waals surface area contributed by atoms with Crippen molar-refractivity contribution in [3.63, 3.8) is 0 Å². The van der Waals surface area contributed by atoms with Crippen molar-refractivity contribution < 1.29 is 17.6 Å². The van der Waals surface area contributed by atoms with Gasteiger partial charge in [-0.2, -0.15) is 13.2 Å². The fourth-order valence-electron chi connectivity index (χ4n) is 1.61. The third-order valence-corrected chi connectivity index (χ3v) is 2.35. The number of hydrogen-bond acceptors (Lipinski definition) is 2. The average Bonchev–Trinajstić information content (AvgIpc) is 2.73. The second kappa shape index (κ2) is 3.31. The summed E-state index contributed by atoms with van der Waals surface area (Å²) < 4.78 is 41.5. The van der Waals surface area contributed by atoms with Crippen molar-refractivity contribution in [3.8, 4) is 0 Å². The predicted molar refractivity (Wildman–Crippen MR) is 43.7 cm³/mol. The van der Waals surface area contributed by atoms with E-state index in [1.165, 1.54) is 0 Å². The zero-order valence-electron chi connectivity index (χ0n) is 7.40. The van der Waals surface area contributed by atoms with Gasteiger partial charge in [-0.1, -0.05) is 0 Å². The molecule has 5 heteroatoms. The molecule has 1 aliphatic heterocycles. The number of rotatable bonds is 1. The SMILES string of the molecule is FC(F)(F)c1coc([C@@H]2CCCN2)c1. The van der Waals surface area contributed by atoms with Crippen LogP contribution in [0.1, 0.15) is 30.2 Å². The largest absolute Gasteiger partial charge is 0.467 e. The normalized spacial score (nSPS) is 22.9. The summed E-state index contributed by atoms with van der Waals surface area (Å²) in [7, 11) is 0. The third kappa shape index (κ3) is 1.77. The molecule has 78 valence electrons. The lowest BCUT2D eigenvalue weighted by atomic mass is 10.1. The lowest BCUT2D eigenvalue weighted by Gasteiger charge is -2.04. The van der Waals surface area contributed by atoms with E-state index < -0.39 is 11.7 Å². The van der Waals surface area contributed by atoms with Crippen LogP contribution in [0.25, 0.3) is 0 Å². The molecule has 1 saturated heterocycles. The van der Waals surface area contributed by atoms with Gasteiger partial charge in [0, 0.05) is 0 Å². The van der Waals surface area contributed by atoms with Crippen LogP contribution in [0.2, 0.25) is 0 Å². The van der Waals surface area contributed by atoms with Crippen LogP contribution >= 0.6 is 0 Å². The Hall–Kier alpha value is -0.970. The van der Waals surface area contributed by atoms with E-state index in [2.05, 4.69) is 5.32 Å². The van der Waals surface area contributed by atoms with Gasteiger partial charge in [-0.25, -0.2) is 0 Å². The standard InChI is InChI=1S/C9H10F3NO/c10-9(11,12)6-4-8(14-5-6)7-2-1-3-13-7/h4-5,7,13H,1-3H2/t7-/m0/s1. The van der Waals surface area contributed by atoms with E-state index in [0.29, 0.717) is 5.76 Å². The molecule has 14 heavy (non-hydrogen) atoms. The predicted octanol–water partition coefficient (Wildman–Crippen LogP) is 2.72. The van der Waals surface area contributed by atoms with E-state index in [1.54, 1.807) is 0 Å². The number of nitrogens with one attached hydrogen (secondary N) is 1. The highest BCUT2D eigenvalue weighted by atomic mass is 19.4. The molecule has 0 bridgehead atoms. The van der Waals surface area contributed by atoms with E-state index in [0.717, 1.165) is 31.7 Å². The number of alkyl halides is 3. The van der Waals surface area contributed by atoms with Gasteiger partial charge in [0.05, 0.1) is 11.6 Å². The van der Waals surface area contributed by atoms with Crippen LogP contribution in [0.5, 0.6) is 0 Å². The minimum Gasteiger partial charge on any atom is -0.467 e. The van der Waals surface area contributed by atoms with Crippen molar-refractivity contribution in [1.29, 1.82) is 0 Å². The molecule has 1 aromatic heterocycles. The zero-order valence-corrected chi connectivity index (χ0v) is 7.40. The molecule has 1 N–H and O–H groups in total. The molecule has 2 rings (SSSR count). The zero-order chi connectivity index (χ0) is 10.2. The van der Waals surface area contributed by atoms with Crippen molar-refractivity contribution in [2.75, 3.05) is 6.54 Å². The Morgan fingerprint density at radius 1 is 1.43 bits per heavy atom. The Labute approximate surface area is 79.1 Å². The van der Waals surface area contributed by atoms with Crippen molar-refractivity contribution in [3.05, 3.63) is 23.7 Å². The molecule has 0 unspecified atom stereocenters. The summed E-state index contributed by atoms with van der Waals surface area (Å²) >= 11 is 0. The Morgan fingerprint density at radius 3 is 2.71 bits per heavy atom. The molecule has 1 aliphatic rings. The Morgan fingerprint density at radius 2 is 2.21 bits per heavy atom. The van der Waals surface area contributed by atoms with Gasteiger partial charge >= 0.3 is 6.18 Å². The van der Waals surface area contributed by atoms with Gasteiger partial charge in [0.25, 0.3) is 0 Å². The fourth-order valence-corrected chi connectivity index (χ4v) is 1.61. The van der Waals surface area contributed by atoms with Crippen LogP contribution in [0.3, 0.4) is 0 Å². The smallest absolute Gasteiger partial charge is 0.419 e. The monoisotopic (exact) mass is 205 g/mol. The van der Waals surface area contributed by atoms with Gasteiger partial charge in [0.2, 0.25) is 0 Å². The number of furan rings is 1. The second-order valence-corrected chi connectivity index (χ2v) is 3.38. The van der Waals surface area contributed by atoms with E-state index in [9.17, 15) is 13.2 Å². The third-order valence-electron chi connectivity index (χ3n) is 2.35. The lowest BCUT2D eigenvalue weighted by Crippen LogP contribution is -2.12. The second-order valence-electron chi connectivity index (χ2n) is 3.38. The first kappa shape index (κ1) is 9.58.